The summed E-state index contributed by atoms with van der Waals surface area (Å²) in [5.74, 6) is -2.24. The molecule has 1 aromatic rings. The molecular weight excluding hydrogens is 282 g/mol. The molecule has 0 bridgehead atoms. The zero-order chi connectivity index (χ0) is 15.8. The highest BCUT2D eigenvalue weighted by molar-refractivity contribution is 5.92. The molecule has 0 spiro atoms. The van der Waals surface area contributed by atoms with Crippen molar-refractivity contribution in [1.29, 1.82) is 0 Å². The normalized spacial score (nSPS) is 10.1. The Balaban J connectivity index is 2.28. The molecule has 0 aliphatic heterocycles. The van der Waals surface area contributed by atoms with Gasteiger partial charge in [0.1, 0.15) is 17.3 Å². The van der Waals surface area contributed by atoms with Crippen LogP contribution in [0.3, 0.4) is 0 Å². The molecule has 116 valence electrons. The van der Waals surface area contributed by atoms with Gasteiger partial charge in [0.2, 0.25) is 5.91 Å². The van der Waals surface area contributed by atoms with Crippen molar-refractivity contribution in [2.24, 2.45) is 0 Å². The maximum atomic E-state index is 13.3. The summed E-state index contributed by atoms with van der Waals surface area (Å²) in [6.45, 7) is 0.566. The summed E-state index contributed by atoms with van der Waals surface area (Å²) < 4.78 is 26.6. The Hall–Kier alpha value is -2.22. The second kappa shape index (κ2) is 8.15. The van der Waals surface area contributed by atoms with E-state index in [2.05, 4.69) is 16.0 Å². The molecule has 0 radical (unpaired) electrons. The Bertz CT molecular complexity index is 489. The lowest BCUT2D eigenvalue weighted by molar-refractivity contribution is -0.115. The van der Waals surface area contributed by atoms with E-state index in [0.717, 1.165) is 12.1 Å². The molecule has 0 saturated heterocycles. The molecule has 0 heterocycles. The van der Waals surface area contributed by atoms with Crippen molar-refractivity contribution >= 4 is 17.6 Å². The number of anilines is 1. The minimum Gasteiger partial charge on any atom is -0.337 e. The topological polar surface area (TPSA) is 73.5 Å². The first-order valence-electron chi connectivity index (χ1n) is 6.31. The van der Waals surface area contributed by atoms with Gasteiger partial charge in [0, 0.05) is 27.2 Å². The van der Waals surface area contributed by atoms with Gasteiger partial charge in [-0.2, -0.15) is 0 Å². The summed E-state index contributed by atoms with van der Waals surface area (Å²) in [5.41, 5.74) is -0.467. The summed E-state index contributed by atoms with van der Waals surface area (Å²) in [6, 6.07) is 3.09. The van der Waals surface area contributed by atoms with E-state index in [1.54, 1.807) is 14.1 Å². The number of nitrogens with zero attached hydrogens (tertiary/aromatic N) is 1. The molecule has 6 nitrogen and oxygen atoms in total. The van der Waals surface area contributed by atoms with Gasteiger partial charge in [0.15, 0.2) is 0 Å². The van der Waals surface area contributed by atoms with Crippen molar-refractivity contribution in [2.45, 2.75) is 0 Å². The van der Waals surface area contributed by atoms with E-state index < -0.39 is 23.2 Å². The Morgan fingerprint density at radius 3 is 2.33 bits per heavy atom. The van der Waals surface area contributed by atoms with Crippen LogP contribution < -0.4 is 16.0 Å². The highest BCUT2D eigenvalue weighted by Crippen LogP contribution is 2.17. The Kier molecular flexibility index (Phi) is 6.54. The molecule has 8 heteroatoms. The number of amides is 3. The molecule has 1 aromatic carbocycles. The number of benzene rings is 1. The standard InChI is InChI=1S/C13H18F2N4O2/c1-19(2)13(21)17-7-6-16-8-11(20)18-12-9(14)4-3-5-10(12)15/h3-5,16H,6-8H2,1-2H3,(H,17,21)(H,18,20). The molecule has 0 atom stereocenters. The van der Waals surface area contributed by atoms with Gasteiger partial charge in [-0.15, -0.1) is 0 Å². The molecule has 0 saturated carbocycles. The summed E-state index contributed by atoms with van der Waals surface area (Å²) in [7, 11) is 3.22. The molecule has 0 aliphatic carbocycles. The van der Waals surface area contributed by atoms with E-state index in [9.17, 15) is 18.4 Å². The van der Waals surface area contributed by atoms with Crippen molar-refractivity contribution in [2.75, 3.05) is 39.0 Å². The summed E-state index contributed by atoms with van der Waals surface area (Å²) >= 11 is 0. The number of para-hydroxylation sites is 1. The highest BCUT2D eigenvalue weighted by Gasteiger charge is 2.11. The van der Waals surface area contributed by atoms with Crippen LogP contribution in [-0.2, 0) is 4.79 Å². The maximum Gasteiger partial charge on any atom is 0.316 e. The zero-order valence-electron chi connectivity index (χ0n) is 11.9. The number of hydrogen-bond acceptors (Lipinski definition) is 3. The number of nitrogens with one attached hydrogen (secondary N) is 3. The number of urea groups is 1. The van der Waals surface area contributed by atoms with Crippen LogP contribution in [0, 0.1) is 11.6 Å². The zero-order valence-corrected chi connectivity index (χ0v) is 11.9. The van der Waals surface area contributed by atoms with Crippen LogP contribution in [0.1, 0.15) is 0 Å². The van der Waals surface area contributed by atoms with E-state index >= 15 is 0 Å². The first-order chi connectivity index (χ1) is 9.91. The molecule has 21 heavy (non-hydrogen) atoms. The average molecular weight is 300 g/mol. The van der Waals surface area contributed by atoms with Gasteiger partial charge >= 0.3 is 6.03 Å². The first-order valence-corrected chi connectivity index (χ1v) is 6.31. The van der Waals surface area contributed by atoms with Crippen LogP contribution in [0.4, 0.5) is 19.3 Å². The molecular formula is C13H18F2N4O2. The molecule has 3 amide bonds. The Morgan fingerprint density at radius 1 is 1.14 bits per heavy atom. The minimum absolute atomic E-state index is 0.119. The molecule has 0 unspecified atom stereocenters. The summed E-state index contributed by atoms with van der Waals surface area (Å²) in [6.07, 6.45) is 0. The fraction of sp³-hybridized carbons (Fsp3) is 0.385. The number of carbonyl (C=O) groups excluding carboxylic acids is 2. The van der Waals surface area contributed by atoms with Crippen LogP contribution in [0.25, 0.3) is 0 Å². The monoisotopic (exact) mass is 300 g/mol. The maximum absolute atomic E-state index is 13.3. The fourth-order valence-corrected chi connectivity index (χ4v) is 1.42. The van der Waals surface area contributed by atoms with Crippen LogP contribution in [0.2, 0.25) is 0 Å². The van der Waals surface area contributed by atoms with Crippen LogP contribution in [0.5, 0.6) is 0 Å². The van der Waals surface area contributed by atoms with Gasteiger partial charge in [-0.25, -0.2) is 13.6 Å². The average Bonchev–Trinajstić information content (AvgIpc) is 2.42. The van der Waals surface area contributed by atoms with Crippen molar-refractivity contribution < 1.29 is 18.4 Å². The number of rotatable bonds is 6. The molecule has 0 aromatic heterocycles. The van der Waals surface area contributed by atoms with Crippen LogP contribution in [-0.4, -0.2) is 50.6 Å². The van der Waals surface area contributed by atoms with Crippen molar-refractivity contribution in [3.63, 3.8) is 0 Å². The van der Waals surface area contributed by atoms with Gasteiger partial charge in [-0.3, -0.25) is 4.79 Å². The van der Waals surface area contributed by atoms with Gasteiger partial charge < -0.3 is 20.9 Å². The predicted molar refractivity (Wildman–Crippen MR) is 74.9 cm³/mol. The lowest BCUT2D eigenvalue weighted by Gasteiger charge is -2.12. The summed E-state index contributed by atoms with van der Waals surface area (Å²) in [4.78, 5) is 24.1. The van der Waals surface area contributed by atoms with E-state index in [1.165, 1.54) is 11.0 Å². The smallest absolute Gasteiger partial charge is 0.316 e. The van der Waals surface area contributed by atoms with Gasteiger partial charge in [-0.05, 0) is 12.1 Å². The highest BCUT2D eigenvalue weighted by atomic mass is 19.1. The number of carbonyl (C=O) groups is 2. The summed E-state index contributed by atoms with van der Waals surface area (Å²) in [5, 5.41) is 7.49. The second-order valence-corrected chi connectivity index (χ2v) is 4.45. The lowest BCUT2D eigenvalue weighted by atomic mass is 10.3. The van der Waals surface area contributed by atoms with E-state index in [4.69, 9.17) is 0 Å². The molecule has 0 aliphatic rings. The number of hydrogen-bond donors (Lipinski definition) is 3. The van der Waals surface area contributed by atoms with Gasteiger partial charge in [0.25, 0.3) is 0 Å². The number of halogens is 2. The van der Waals surface area contributed by atoms with Crippen LogP contribution >= 0.6 is 0 Å². The van der Waals surface area contributed by atoms with Gasteiger partial charge in [-0.1, -0.05) is 6.07 Å². The second-order valence-electron chi connectivity index (χ2n) is 4.45. The SMILES string of the molecule is CN(C)C(=O)NCCNCC(=O)Nc1c(F)cccc1F. The minimum atomic E-state index is -0.832. The van der Waals surface area contributed by atoms with Gasteiger partial charge in [0.05, 0.1) is 6.54 Å². The third-order valence-electron chi connectivity index (χ3n) is 2.50. The Morgan fingerprint density at radius 2 is 1.76 bits per heavy atom. The van der Waals surface area contributed by atoms with Crippen LogP contribution in [0.15, 0.2) is 18.2 Å². The molecule has 1 rings (SSSR count). The van der Waals surface area contributed by atoms with E-state index in [1.807, 2.05) is 0 Å². The Labute approximate surface area is 121 Å². The third-order valence-corrected chi connectivity index (χ3v) is 2.50. The largest absolute Gasteiger partial charge is 0.337 e. The van der Waals surface area contributed by atoms with E-state index in [0.29, 0.717) is 13.1 Å². The van der Waals surface area contributed by atoms with E-state index in [-0.39, 0.29) is 12.6 Å². The predicted octanol–water partition coefficient (Wildman–Crippen LogP) is 0.764. The quantitative estimate of drug-likeness (QED) is 0.679. The van der Waals surface area contributed by atoms with Crippen molar-refractivity contribution in [3.05, 3.63) is 29.8 Å². The first kappa shape index (κ1) is 16.8. The lowest BCUT2D eigenvalue weighted by Crippen LogP contribution is -2.39. The van der Waals surface area contributed by atoms with Crippen molar-refractivity contribution in [1.82, 2.24) is 15.5 Å². The third kappa shape index (κ3) is 5.74. The fourth-order valence-electron chi connectivity index (χ4n) is 1.42. The van der Waals surface area contributed by atoms with Crippen molar-refractivity contribution in [3.8, 4) is 0 Å². The molecule has 3 N–H and O–H groups in total. The molecule has 0 fully saturated rings.